The van der Waals surface area contributed by atoms with E-state index in [9.17, 15) is 13.2 Å². The number of sulfone groups is 1. The van der Waals surface area contributed by atoms with Crippen molar-refractivity contribution >= 4 is 15.7 Å². The van der Waals surface area contributed by atoms with Gasteiger partial charge in [-0.25, -0.2) is 8.42 Å². The van der Waals surface area contributed by atoms with Crippen LogP contribution in [0.15, 0.2) is 15.6 Å². The monoisotopic (exact) mass is 338 g/mol. The molecule has 0 saturated carbocycles. The van der Waals surface area contributed by atoms with Crippen LogP contribution in [0.2, 0.25) is 0 Å². The number of aromatic nitrogens is 3. The maximum atomic E-state index is 12.6. The molecule has 2 aromatic rings. The summed E-state index contributed by atoms with van der Waals surface area (Å²) < 4.78 is 28.6. The largest absolute Gasteiger partial charge is 0.361 e. The second kappa shape index (κ2) is 5.48. The summed E-state index contributed by atoms with van der Waals surface area (Å²) in [6.07, 6.45) is 3.16. The quantitative estimate of drug-likeness (QED) is 0.896. The number of carbonyl (C=O) groups is 1. The van der Waals surface area contributed by atoms with Gasteiger partial charge in [0.2, 0.25) is 0 Å². The lowest BCUT2D eigenvalue weighted by molar-refractivity contribution is 0.0788. The number of nitrogens with zero attached hydrogens (tertiary/aromatic N) is 3. The molecule has 1 N–H and O–H groups in total. The van der Waals surface area contributed by atoms with Crippen molar-refractivity contribution in [2.75, 3.05) is 19.3 Å². The van der Waals surface area contributed by atoms with Crippen LogP contribution in [-0.2, 0) is 9.84 Å². The Morgan fingerprint density at radius 2 is 2.17 bits per heavy atom. The highest BCUT2D eigenvalue weighted by molar-refractivity contribution is 7.90. The number of carbonyl (C=O) groups excluding carboxylic acids is 1. The van der Waals surface area contributed by atoms with E-state index in [4.69, 9.17) is 4.52 Å². The summed E-state index contributed by atoms with van der Waals surface area (Å²) in [7, 11) is -3.34. The smallest absolute Gasteiger partial charge is 0.259 e. The van der Waals surface area contributed by atoms with E-state index < -0.39 is 9.84 Å². The Kier molecular flexibility index (Phi) is 3.75. The summed E-state index contributed by atoms with van der Waals surface area (Å²) in [5, 5.41) is 10.4. The van der Waals surface area contributed by atoms with E-state index in [-0.39, 0.29) is 16.7 Å². The predicted octanol–water partition coefficient (Wildman–Crippen LogP) is 1.05. The molecule has 0 aromatic carbocycles. The molecular formula is C14H18N4O4S. The van der Waals surface area contributed by atoms with Crippen LogP contribution >= 0.6 is 0 Å². The molecule has 1 saturated heterocycles. The van der Waals surface area contributed by atoms with Crippen molar-refractivity contribution in [2.24, 2.45) is 0 Å². The molecule has 124 valence electrons. The van der Waals surface area contributed by atoms with Crippen molar-refractivity contribution in [1.29, 1.82) is 0 Å². The molecular weight excluding hydrogens is 320 g/mol. The van der Waals surface area contributed by atoms with Crippen LogP contribution < -0.4 is 0 Å². The van der Waals surface area contributed by atoms with E-state index in [0.29, 0.717) is 42.2 Å². The first-order valence-corrected chi connectivity index (χ1v) is 9.13. The van der Waals surface area contributed by atoms with Gasteiger partial charge in [0.1, 0.15) is 16.2 Å². The Labute approximate surface area is 133 Å². The molecule has 1 atom stereocenters. The third kappa shape index (κ3) is 2.76. The van der Waals surface area contributed by atoms with Crippen LogP contribution in [0.25, 0.3) is 0 Å². The second-order valence-corrected chi connectivity index (χ2v) is 7.84. The molecule has 8 nitrogen and oxygen atoms in total. The number of aryl methyl sites for hydroxylation is 2. The number of nitrogens with one attached hydrogen (secondary N) is 1. The molecule has 1 aliphatic rings. The number of hydrogen-bond donors (Lipinski definition) is 1. The number of hydrogen-bond acceptors (Lipinski definition) is 6. The summed E-state index contributed by atoms with van der Waals surface area (Å²) in [5.74, 6) is 0.283. The van der Waals surface area contributed by atoms with Crippen LogP contribution in [0.1, 0.15) is 39.8 Å². The van der Waals surface area contributed by atoms with Crippen LogP contribution in [0.5, 0.6) is 0 Å². The topological polar surface area (TPSA) is 109 Å². The highest BCUT2D eigenvalue weighted by Crippen LogP contribution is 2.31. The lowest BCUT2D eigenvalue weighted by Crippen LogP contribution is -2.29. The molecule has 0 radical (unpaired) electrons. The van der Waals surface area contributed by atoms with Gasteiger partial charge < -0.3 is 9.42 Å². The van der Waals surface area contributed by atoms with Gasteiger partial charge in [-0.2, -0.15) is 5.10 Å². The van der Waals surface area contributed by atoms with Crippen LogP contribution in [0.4, 0.5) is 0 Å². The van der Waals surface area contributed by atoms with Crippen molar-refractivity contribution in [1.82, 2.24) is 20.3 Å². The van der Waals surface area contributed by atoms with E-state index >= 15 is 0 Å². The normalized spacial score (nSPS) is 18.6. The number of H-pyrrole nitrogens is 1. The first-order valence-electron chi connectivity index (χ1n) is 7.24. The Morgan fingerprint density at radius 1 is 1.43 bits per heavy atom. The first-order chi connectivity index (χ1) is 10.8. The van der Waals surface area contributed by atoms with Gasteiger partial charge in [-0.3, -0.25) is 9.89 Å². The molecule has 1 amide bonds. The molecule has 0 bridgehead atoms. The molecule has 0 spiro atoms. The maximum absolute atomic E-state index is 12.6. The van der Waals surface area contributed by atoms with Crippen LogP contribution in [0, 0.1) is 13.8 Å². The van der Waals surface area contributed by atoms with E-state index in [1.54, 1.807) is 18.7 Å². The molecule has 0 aliphatic carbocycles. The Hall–Kier alpha value is -2.16. The fraction of sp³-hybridized carbons (Fsp3) is 0.500. The minimum absolute atomic E-state index is 0.0772. The predicted molar refractivity (Wildman–Crippen MR) is 80.9 cm³/mol. The van der Waals surface area contributed by atoms with Gasteiger partial charge in [-0.05, 0) is 20.3 Å². The van der Waals surface area contributed by atoms with Gasteiger partial charge in [0, 0.05) is 25.3 Å². The molecule has 2 aromatic heterocycles. The number of aromatic amines is 1. The van der Waals surface area contributed by atoms with Crippen molar-refractivity contribution in [2.45, 2.75) is 31.1 Å². The van der Waals surface area contributed by atoms with Crippen molar-refractivity contribution in [3.05, 3.63) is 28.9 Å². The first kappa shape index (κ1) is 15.7. The Morgan fingerprint density at radius 3 is 2.78 bits per heavy atom. The molecule has 1 unspecified atom stereocenters. The van der Waals surface area contributed by atoms with Crippen molar-refractivity contribution in [3.8, 4) is 0 Å². The van der Waals surface area contributed by atoms with Gasteiger partial charge in [-0.15, -0.1) is 0 Å². The van der Waals surface area contributed by atoms with E-state index in [1.807, 2.05) is 0 Å². The van der Waals surface area contributed by atoms with Crippen molar-refractivity contribution < 1.29 is 17.7 Å². The minimum Gasteiger partial charge on any atom is -0.361 e. The molecule has 1 aliphatic heterocycles. The van der Waals surface area contributed by atoms with Crippen LogP contribution in [-0.4, -0.2) is 53.9 Å². The average molecular weight is 338 g/mol. The van der Waals surface area contributed by atoms with Crippen LogP contribution in [0.3, 0.4) is 0 Å². The minimum atomic E-state index is -3.34. The summed E-state index contributed by atoms with van der Waals surface area (Å²) in [4.78, 5) is 14.5. The Balaban J connectivity index is 1.82. The van der Waals surface area contributed by atoms with Gasteiger partial charge in [0.15, 0.2) is 9.84 Å². The zero-order chi connectivity index (χ0) is 16.8. The Bertz CT molecular complexity index is 833. The number of likely N-dealkylation sites (tertiary alicyclic amines) is 1. The zero-order valence-corrected chi connectivity index (χ0v) is 14.0. The van der Waals surface area contributed by atoms with Gasteiger partial charge in [0.05, 0.1) is 17.6 Å². The lowest BCUT2D eigenvalue weighted by atomic mass is 10.1. The maximum Gasteiger partial charge on any atom is 0.259 e. The second-order valence-electron chi connectivity index (χ2n) is 5.86. The summed E-state index contributed by atoms with van der Waals surface area (Å²) in [6, 6.07) is 0. The highest BCUT2D eigenvalue weighted by atomic mass is 32.2. The van der Waals surface area contributed by atoms with E-state index in [0.717, 1.165) is 6.26 Å². The van der Waals surface area contributed by atoms with E-state index in [2.05, 4.69) is 15.4 Å². The summed E-state index contributed by atoms with van der Waals surface area (Å²) >= 11 is 0. The summed E-state index contributed by atoms with van der Waals surface area (Å²) in [5.41, 5.74) is 1.62. The number of rotatable bonds is 3. The molecule has 3 rings (SSSR count). The van der Waals surface area contributed by atoms with Gasteiger partial charge in [-0.1, -0.05) is 5.16 Å². The van der Waals surface area contributed by atoms with Gasteiger partial charge in [0.25, 0.3) is 5.91 Å². The third-order valence-electron chi connectivity index (χ3n) is 4.16. The highest BCUT2D eigenvalue weighted by Gasteiger charge is 2.34. The SMILES string of the molecule is Cc1noc(C)c1C(=O)N1CCC(c2[nH]ncc2S(C)(=O)=O)C1. The van der Waals surface area contributed by atoms with Crippen molar-refractivity contribution in [3.63, 3.8) is 0 Å². The number of amides is 1. The fourth-order valence-electron chi connectivity index (χ4n) is 3.00. The zero-order valence-electron chi connectivity index (χ0n) is 13.2. The lowest BCUT2D eigenvalue weighted by Gasteiger charge is -2.16. The average Bonchev–Trinajstić information content (AvgIpc) is 3.16. The molecule has 9 heteroatoms. The van der Waals surface area contributed by atoms with E-state index in [1.165, 1.54) is 6.20 Å². The molecule has 23 heavy (non-hydrogen) atoms. The summed E-state index contributed by atoms with van der Waals surface area (Å²) in [6.45, 7) is 4.43. The fourth-order valence-corrected chi connectivity index (χ4v) is 3.86. The van der Waals surface area contributed by atoms with Gasteiger partial charge >= 0.3 is 0 Å². The standard InChI is InChI=1S/C14H18N4O4S/c1-8-12(9(2)22-17-8)14(19)18-5-4-10(7-18)13-11(6-15-16-13)23(3,20)21/h6,10H,4-5,7H2,1-3H3,(H,15,16). The molecule has 3 heterocycles. The third-order valence-corrected chi connectivity index (χ3v) is 5.29. The molecule has 1 fully saturated rings.